The molecular weight excluding hydrogens is 301 g/mol. The first-order chi connectivity index (χ1) is 10.6. The first-order valence-electron chi connectivity index (χ1n) is 7.65. The van der Waals surface area contributed by atoms with Gasteiger partial charge in [0.1, 0.15) is 11.6 Å². The van der Waals surface area contributed by atoms with E-state index in [0.29, 0.717) is 11.4 Å². The van der Waals surface area contributed by atoms with E-state index in [9.17, 15) is 4.39 Å². The zero-order chi connectivity index (χ0) is 15.7. The average molecular weight is 320 g/mol. The van der Waals surface area contributed by atoms with Crippen molar-refractivity contribution >= 4 is 17.3 Å². The van der Waals surface area contributed by atoms with Gasteiger partial charge in [-0.25, -0.2) is 4.39 Å². The molecule has 0 saturated heterocycles. The van der Waals surface area contributed by atoms with Crippen molar-refractivity contribution in [2.24, 2.45) is 0 Å². The lowest BCUT2D eigenvalue weighted by Crippen LogP contribution is -2.22. The number of halogens is 2. The molecular formula is C18H19ClFNO. The highest BCUT2D eigenvalue weighted by molar-refractivity contribution is 6.32. The van der Waals surface area contributed by atoms with Crippen molar-refractivity contribution in [1.29, 1.82) is 0 Å². The summed E-state index contributed by atoms with van der Waals surface area (Å²) < 4.78 is 19.9. The van der Waals surface area contributed by atoms with E-state index >= 15 is 0 Å². The van der Waals surface area contributed by atoms with Crippen molar-refractivity contribution in [1.82, 2.24) is 0 Å². The number of ether oxygens (including phenoxy) is 1. The molecule has 0 amide bonds. The second-order valence-electron chi connectivity index (χ2n) is 5.93. The molecule has 1 atom stereocenters. The van der Waals surface area contributed by atoms with E-state index in [1.807, 2.05) is 0 Å². The zero-order valence-electron chi connectivity index (χ0n) is 12.7. The van der Waals surface area contributed by atoms with Gasteiger partial charge < -0.3 is 9.64 Å². The van der Waals surface area contributed by atoms with Crippen LogP contribution in [0.2, 0.25) is 5.02 Å². The van der Waals surface area contributed by atoms with Crippen LogP contribution in [0, 0.1) is 18.2 Å². The number of hydrogen-bond acceptors (Lipinski definition) is 2. The summed E-state index contributed by atoms with van der Waals surface area (Å²) in [5.41, 5.74) is 3.48. The average Bonchev–Trinajstić information content (AvgIpc) is 2.93. The Morgan fingerprint density at radius 1 is 1.27 bits per heavy atom. The summed E-state index contributed by atoms with van der Waals surface area (Å²) in [5, 5.41) is 0.250. The van der Waals surface area contributed by atoms with Crippen LogP contribution in [-0.2, 0) is 0 Å². The Balaban J connectivity index is 1.85. The molecule has 0 fully saturated rings. The quantitative estimate of drug-likeness (QED) is 0.597. The van der Waals surface area contributed by atoms with E-state index in [1.165, 1.54) is 30.1 Å². The van der Waals surface area contributed by atoms with Gasteiger partial charge in [0.2, 0.25) is 0 Å². The van der Waals surface area contributed by atoms with Crippen molar-refractivity contribution in [2.45, 2.75) is 38.7 Å². The lowest BCUT2D eigenvalue weighted by atomic mass is 9.94. The summed E-state index contributed by atoms with van der Waals surface area (Å²) in [7, 11) is 0. The fourth-order valence-electron chi connectivity index (χ4n) is 3.17. The molecule has 1 aromatic carbocycles. The van der Waals surface area contributed by atoms with Crippen LogP contribution in [0.3, 0.4) is 0 Å². The maximum absolute atomic E-state index is 14.3. The van der Waals surface area contributed by atoms with Crippen LogP contribution < -0.4 is 9.64 Å². The molecule has 2 nitrogen and oxygen atoms in total. The minimum absolute atomic E-state index is 0.250. The highest BCUT2D eigenvalue weighted by Crippen LogP contribution is 2.38. The van der Waals surface area contributed by atoms with Crippen molar-refractivity contribution in [3.8, 4) is 18.1 Å². The number of nitrogens with zero attached hydrogens (tertiary/aromatic N) is 1. The fourth-order valence-corrected chi connectivity index (χ4v) is 3.37. The summed E-state index contributed by atoms with van der Waals surface area (Å²) in [6, 6.07) is 2.98. The van der Waals surface area contributed by atoms with E-state index < -0.39 is 6.10 Å². The summed E-state index contributed by atoms with van der Waals surface area (Å²) in [4.78, 5) is 2.06. The predicted octanol–water partition coefficient (Wildman–Crippen LogP) is 4.57. The van der Waals surface area contributed by atoms with E-state index in [4.69, 9.17) is 22.8 Å². The highest BCUT2D eigenvalue weighted by Gasteiger charge is 2.26. The Labute approximate surface area is 135 Å². The molecule has 116 valence electrons. The third kappa shape index (κ3) is 2.94. The van der Waals surface area contributed by atoms with Crippen molar-refractivity contribution in [3.05, 3.63) is 34.1 Å². The first kappa shape index (κ1) is 15.2. The number of anilines is 1. The van der Waals surface area contributed by atoms with Crippen molar-refractivity contribution < 1.29 is 9.13 Å². The Morgan fingerprint density at radius 2 is 1.91 bits per heavy atom. The second kappa shape index (κ2) is 6.22. The van der Waals surface area contributed by atoms with Gasteiger partial charge in [-0.15, -0.1) is 6.42 Å². The second-order valence-corrected chi connectivity index (χ2v) is 6.34. The van der Waals surface area contributed by atoms with Crippen LogP contribution in [0.15, 0.2) is 23.3 Å². The Morgan fingerprint density at radius 3 is 2.50 bits per heavy atom. The SMILES string of the molecule is C#CC(C)Oc1cc(N2CC3=C(CCCC3)C2)c(F)cc1Cl. The van der Waals surface area contributed by atoms with E-state index in [0.717, 1.165) is 25.9 Å². The molecule has 0 N–H and O–H groups in total. The maximum atomic E-state index is 14.3. The summed E-state index contributed by atoms with van der Waals surface area (Å²) in [6.45, 7) is 3.37. The van der Waals surface area contributed by atoms with Crippen LogP contribution in [0.25, 0.3) is 0 Å². The molecule has 0 spiro atoms. The number of hydrogen-bond donors (Lipinski definition) is 0. The fraction of sp³-hybridized carbons (Fsp3) is 0.444. The van der Waals surface area contributed by atoms with Crippen LogP contribution in [0.5, 0.6) is 5.75 Å². The minimum atomic E-state index is -0.402. The van der Waals surface area contributed by atoms with Gasteiger partial charge in [-0.05, 0) is 49.8 Å². The van der Waals surface area contributed by atoms with Crippen molar-refractivity contribution in [3.63, 3.8) is 0 Å². The zero-order valence-corrected chi connectivity index (χ0v) is 13.4. The van der Waals surface area contributed by atoms with Crippen LogP contribution >= 0.6 is 11.6 Å². The smallest absolute Gasteiger partial charge is 0.156 e. The molecule has 0 aromatic heterocycles. The van der Waals surface area contributed by atoms with Gasteiger partial charge in [-0.2, -0.15) is 0 Å². The third-order valence-corrected chi connectivity index (χ3v) is 4.65. The molecule has 1 heterocycles. The monoisotopic (exact) mass is 319 g/mol. The van der Waals surface area contributed by atoms with Gasteiger partial charge >= 0.3 is 0 Å². The van der Waals surface area contributed by atoms with Gasteiger partial charge in [-0.3, -0.25) is 0 Å². The predicted molar refractivity (Wildman–Crippen MR) is 88.0 cm³/mol. The third-order valence-electron chi connectivity index (χ3n) is 4.35. The number of rotatable bonds is 3. The van der Waals surface area contributed by atoms with Crippen LogP contribution in [0.1, 0.15) is 32.6 Å². The molecule has 2 aliphatic rings. The number of benzene rings is 1. The van der Waals surface area contributed by atoms with Crippen molar-refractivity contribution in [2.75, 3.05) is 18.0 Å². The van der Waals surface area contributed by atoms with Crippen LogP contribution in [-0.4, -0.2) is 19.2 Å². The molecule has 1 unspecified atom stereocenters. The van der Waals surface area contributed by atoms with E-state index in [2.05, 4.69) is 10.8 Å². The molecule has 0 radical (unpaired) electrons. The van der Waals surface area contributed by atoms with Gasteiger partial charge in [0, 0.05) is 19.2 Å². The highest BCUT2D eigenvalue weighted by atomic mass is 35.5. The normalized spacial score (nSPS) is 18.9. The first-order valence-corrected chi connectivity index (χ1v) is 8.03. The molecule has 1 aliphatic carbocycles. The van der Waals surface area contributed by atoms with Gasteiger partial charge in [0.05, 0.1) is 10.7 Å². The Kier molecular flexibility index (Phi) is 4.31. The maximum Gasteiger partial charge on any atom is 0.156 e. The minimum Gasteiger partial charge on any atom is -0.476 e. The molecule has 22 heavy (non-hydrogen) atoms. The van der Waals surface area contributed by atoms with E-state index in [1.54, 1.807) is 13.0 Å². The van der Waals surface area contributed by atoms with Gasteiger partial charge in [0.25, 0.3) is 0 Å². The molecule has 0 bridgehead atoms. The van der Waals surface area contributed by atoms with Crippen LogP contribution in [0.4, 0.5) is 10.1 Å². The molecule has 0 saturated carbocycles. The lowest BCUT2D eigenvalue weighted by Gasteiger charge is -2.21. The summed E-state index contributed by atoms with van der Waals surface area (Å²) >= 11 is 6.07. The molecule has 1 aliphatic heterocycles. The van der Waals surface area contributed by atoms with E-state index in [-0.39, 0.29) is 10.8 Å². The van der Waals surface area contributed by atoms with Gasteiger partial charge in [-0.1, -0.05) is 17.5 Å². The Hall–Kier alpha value is -1.66. The molecule has 3 rings (SSSR count). The molecule has 1 aromatic rings. The molecule has 4 heteroatoms. The lowest BCUT2D eigenvalue weighted by molar-refractivity contribution is 0.279. The topological polar surface area (TPSA) is 12.5 Å². The largest absolute Gasteiger partial charge is 0.476 e. The number of terminal acetylenes is 1. The standard InChI is InChI=1S/C18H19ClFNO/c1-3-12(2)22-18-9-17(16(20)8-15(18)19)21-10-13-6-4-5-7-14(13)11-21/h1,8-9,12H,4-7,10-11H2,2H3. The summed E-state index contributed by atoms with van der Waals surface area (Å²) in [6.07, 6.45) is 9.68. The van der Waals surface area contributed by atoms with Gasteiger partial charge in [0.15, 0.2) is 6.10 Å². The Bertz CT molecular complexity index is 644. The summed E-state index contributed by atoms with van der Waals surface area (Å²) in [5.74, 6) is 2.61.